The molecule has 0 bridgehead atoms. The predicted molar refractivity (Wildman–Crippen MR) is 259 cm³/mol. The van der Waals surface area contributed by atoms with Crippen LogP contribution >= 0.6 is 0 Å². The molecule has 4 N–H and O–H groups in total. The Bertz CT molecular complexity index is 2590. The van der Waals surface area contributed by atoms with Gasteiger partial charge in [0.25, 0.3) is 0 Å². The van der Waals surface area contributed by atoms with Crippen molar-refractivity contribution in [1.82, 2.24) is 44.9 Å². The average molecular weight is 920 g/mol. The second-order valence-electron chi connectivity index (χ2n) is 18.9. The molecule has 0 spiro atoms. The third kappa shape index (κ3) is 9.38. The highest BCUT2D eigenvalue weighted by Gasteiger charge is 2.39. The van der Waals surface area contributed by atoms with E-state index < -0.39 is 24.3 Å². The van der Waals surface area contributed by atoms with E-state index in [0.717, 1.165) is 88.0 Å². The van der Waals surface area contributed by atoms with Crippen molar-refractivity contribution in [3.8, 4) is 50.7 Å². The zero-order chi connectivity index (χ0) is 47.6. The van der Waals surface area contributed by atoms with E-state index in [4.69, 9.17) is 19.4 Å². The van der Waals surface area contributed by atoms with Crippen molar-refractivity contribution in [1.29, 1.82) is 0 Å². The van der Waals surface area contributed by atoms with E-state index in [1.165, 1.54) is 32.6 Å². The Kier molecular flexibility index (Phi) is 13.2. The summed E-state index contributed by atoms with van der Waals surface area (Å²) in [5.41, 5.74) is 10.3. The van der Waals surface area contributed by atoms with Crippen LogP contribution in [0.1, 0.15) is 101 Å². The first kappa shape index (κ1) is 46.0. The number of alkyl carbamates (subject to hydrolysis) is 2. The number of aromatic nitrogens is 5. The fourth-order valence-electron chi connectivity index (χ4n) is 9.81. The van der Waals surface area contributed by atoms with Gasteiger partial charge in [-0.15, -0.1) is 0 Å². The molecule has 1 aliphatic carbocycles. The van der Waals surface area contributed by atoms with Crippen molar-refractivity contribution in [3.05, 3.63) is 115 Å². The Labute approximate surface area is 397 Å². The molecule has 3 fully saturated rings. The highest BCUT2D eigenvalue weighted by Crippen LogP contribution is 2.41. The van der Waals surface area contributed by atoms with Gasteiger partial charge in [0.05, 0.1) is 61.5 Å². The van der Waals surface area contributed by atoms with Crippen LogP contribution in [0.2, 0.25) is 0 Å². The van der Waals surface area contributed by atoms with Crippen LogP contribution in [0.25, 0.3) is 50.7 Å². The van der Waals surface area contributed by atoms with Crippen LogP contribution in [0.3, 0.4) is 0 Å². The number of likely N-dealkylation sites (tertiary alicyclic amines) is 2. The van der Waals surface area contributed by atoms with Crippen molar-refractivity contribution in [3.63, 3.8) is 0 Å². The average Bonchev–Trinajstić information content (AvgIpc) is 3.97. The van der Waals surface area contributed by atoms with Crippen molar-refractivity contribution < 1.29 is 28.7 Å². The number of carbonyl (C=O) groups excluding carboxylic acids is 4. The smallest absolute Gasteiger partial charge is 0.407 e. The molecule has 15 nitrogen and oxygen atoms in total. The molecule has 4 amide bonds. The Morgan fingerprint density at radius 3 is 1.37 bits per heavy atom. The number of imidazole rings is 2. The summed E-state index contributed by atoms with van der Waals surface area (Å²) in [6.45, 7) is 8.81. The molecule has 0 radical (unpaired) electrons. The van der Waals surface area contributed by atoms with Crippen molar-refractivity contribution in [2.75, 3.05) is 27.3 Å². The molecular weight excluding hydrogens is 859 g/mol. The van der Waals surface area contributed by atoms with Gasteiger partial charge in [-0.3, -0.25) is 9.59 Å². The van der Waals surface area contributed by atoms with Gasteiger partial charge in [-0.05, 0) is 108 Å². The minimum atomic E-state index is -0.700. The largest absolute Gasteiger partial charge is 0.453 e. The maximum atomic E-state index is 13.7. The molecule has 2 saturated heterocycles. The Balaban J connectivity index is 0.951. The topological polar surface area (TPSA) is 180 Å². The second kappa shape index (κ2) is 19.6. The van der Waals surface area contributed by atoms with E-state index in [2.05, 4.69) is 110 Å². The first-order chi connectivity index (χ1) is 32.9. The van der Waals surface area contributed by atoms with Crippen molar-refractivity contribution in [2.45, 2.75) is 96.3 Å². The molecule has 15 heteroatoms. The maximum absolute atomic E-state index is 13.7. The normalized spacial score (nSPS) is 17.9. The van der Waals surface area contributed by atoms with Gasteiger partial charge >= 0.3 is 12.2 Å². The zero-order valence-corrected chi connectivity index (χ0v) is 39.6. The third-order valence-corrected chi connectivity index (χ3v) is 13.7. The number of amides is 4. The summed E-state index contributed by atoms with van der Waals surface area (Å²) in [6.07, 6.45) is 8.11. The quantitative estimate of drug-likeness (QED) is 0.0834. The number of ether oxygens (including phenoxy) is 2. The fraction of sp³-hybridized carbons (Fsp3) is 0.396. The van der Waals surface area contributed by atoms with Crippen LogP contribution in [0.5, 0.6) is 0 Å². The van der Waals surface area contributed by atoms with Gasteiger partial charge in [-0.2, -0.15) is 0 Å². The van der Waals surface area contributed by atoms with Gasteiger partial charge in [0.1, 0.15) is 23.7 Å². The Hall–Kier alpha value is -7.16. The van der Waals surface area contributed by atoms with E-state index in [-0.39, 0.29) is 35.7 Å². The lowest BCUT2D eigenvalue weighted by Crippen LogP contribution is -2.51. The Morgan fingerprint density at radius 2 is 0.985 bits per heavy atom. The minimum Gasteiger partial charge on any atom is -0.453 e. The lowest BCUT2D eigenvalue weighted by molar-refractivity contribution is -0.136. The van der Waals surface area contributed by atoms with Crippen LogP contribution in [-0.4, -0.2) is 97.7 Å². The predicted octanol–water partition coefficient (Wildman–Crippen LogP) is 9.56. The van der Waals surface area contributed by atoms with Gasteiger partial charge in [0.2, 0.25) is 11.8 Å². The van der Waals surface area contributed by atoms with Gasteiger partial charge in [-0.1, -0.05) is 88.4 Å². The van der Waals surface area contributed by atoms with E-state index in [9.17, 15) is 19.2 Å². The molecule has 68 heavy (non-hydrogen) atoms. The number of hydrogen-bond donors (Lipinski definition) is 4. The molecule has 3 aliphatic rings. The van der Waals surface area contributed by atoms with E-state index in [1.54, 1.807) is 0 Å². The summed E-state index contributed by atoms with van der Waals surface area (Å²) in [5.74, 6) is 1.58. The highest BCUT2D eigenvalue weighted by atomic mass is 16.5. The first-order valence-electron chi connectivity index (χ1n) is 23.9. The summed E-state index contributed by atoms with van der Waals surface area (Å²) in [5, 5.41) is 5.44. The van der Waals surface area contributed by atoms with E-state index in [1.807, 2.05) is 49.9 Å². The number of aromatic amines is 2. The summed E-state index contributed by atoms with van der Waals surface area (Å²) < 4.78 is 11.9. The number of H-pyrrole nitrogens is 2. The lowest BCUT2D eigenvalue weighted by Gasteiger charge is -2.30. The second-order valence-corrected chi connectivity index (χ2v) is 18.9. The molecule has 5 heterocycles. The summed E-state index contributed by atoms with van der Waals surface area (Å²) in [4.78, 5) is 71.8. The van der Waals surface area contributed by atoms with E-state index >= 15 is 0 Å². The standard InChI is InChI=1S/C53H61N9O6/c1-31(2)46(58-52(65)67-5)50(63)60-27-7-9-44(60)48-54-29-40(56-48)35-13-17-37(18-14-35)42-25-26-43(62(42)39-23-21-34(22-24-39)33-11-12-33)38-19-15-36(16-20-38)41-30-55-49(57-41)45-10-8-28-61(45)51(64)47(32(3)4)59-53(66)68-6/h13-26,29-33,44-47H,7-12,27-28H2,1-6H3,(H,54,56)(H,55,57)(H,58,65)(H,59,66)/t44-,45-,46-,47?/m0/s1. The molecule has 1 unspecified atom stereocenters. The maximum Gasteiger partial charge on any atom is 0.407 e. The molecule has 9 rings (SSSR count). The third-order valence-electron chi connectivity index (χ3n) is 13.7. The SMILES string of the molecule is COC(=O)NC(C(=O)N1CCC[C@H]1c1ncc(-c2ccc(-c3ccc(-c4ccc(-c5cnc([C@@H]6CCCN6C(=O)[C@@H](NC(=O)OC)C(C)C)[nH]5)cc4)n3-c3ccc(C4CC4)cc3)cc2)[nH]1)C(C)C. The molecule has 2 aliphatic heterocycles. The van der Waals surface area contributed by atoms with Gasteiger partial charge in [-0.25, -0.2) is 19.6 Å². The molecule has 6 aromatic rings. The van der Waals surface area contributed by atoms with Crippen LogP contribution in [0.15, 0.2) is 97.3 Å². The minimum absolute atomic E-state index is 0.116. The molecule has 354 valence electrons. The first-order valence-corrected chi connectivity index (χ1v) is 23.9. The number of rotatable bonds is 14. The molecular formula is C53H61N9O6. The number of carbonyl (C=O) groups is 4. The monoisotopic (exact) mass is 919 g/mol. The number of nitrogens with zero attached hydrogens (tertiary/aromatic N) is 5. The number of nitrogens with one attached hydrogen (secondary N) is 4. The highest BCUT2D eigenvalue weighted by molar-refractivity contribution is 5.87. The van der Waals surface area contributed by atoms with Gasteiger partial charge in [0, 0.05) is 18.8 Å². The molecule has 1 saturated carbocycles. The lowest BCUT2D eigenvalue weighted by atomic mass is 10.0. The fourth-order valence-corrected chi connectivity index (χ4v) is 9.81. The number of benzene rings is 3. The molecule has 3 aromatic carbocycles. The van der Waals surface area contributed by atoms with E-state index in [0.29, 0.717) is 19.0 Å². The van der Waals surface area contributed by atoms with Crippen LogP contribution < -0.4 is 10.6 Å². The summed E-state index contributed by atoms with van der Waals surface area (Å²) >= 11 is 0. The summed E-state index contributed by atoms with van der Waals surface area (Å²) in [7, 11) is 2.59. The molecule has 4 atom stereocenters. The zero-order valence-electron chi connectivity index (χ0n) is 39.6. The van der Waals surface area contributed by atoms with Crippen molar-refractivity contribution >= 4 is 24.0 Å². The van der Waals surface area contributed by atoms with Crippen LogP contribution in [0.4, 0.5) is 9.59 Å². The van der Waals surface area contributed by atoms with Crippen LogP contribution in [0, 0.1) is 11.8 Å². The number of methoxy groups -OCH3 is 2. The van der Waals surface area contributed by atoms with Gasteiger partial charge in [0.15, 0.2) is 0 Å². The molecule has 3 aromatic heterocycles. The summed E-state index contributed by atoms with van der Waals surface area (Å²) in [6, 6.07) is 28.4. The van der Waals surface area contributed by atoms with Gasteiger partial charge < -0.3 is 44.4 Å². The van der Waals surface area contributed by atoms with Crippen molar-refractivity contribution in [2.24, 2.45) is 11.8 Å². The Morgan fingerprint density at radius 1 is 0.574 bits per heavy atom. The van der Waals surface area contributed by atoms with Crippen LogP contribution in [-0.2, 0) is 19.1 Å². The number of hydrogen-bond acceptors (Lipinski definition) is 8.